The monoisotopic (exact) mass is 387 g/mol. The van der Waals surface area contributed by atoms with Gasteiger partial charge in [-0.05, 0) is 54.1 Å². The van der Waals surface area contributed by atoms with E-state index < -0.39 is 10.8 Å². The molecule has 140 valence electrons. The summed E-state index contributed by atoms with van der Waals surface area (Å²) in [6.45, 7) is 0.327. The smallest absolute Gasteiger partial charge is 0.287 e. The van der Waals surface area contributed by atoms with Gasteiger partial charge in [0.1, 0.15) is 17.3 Å². The number of benzene rings is 2. The van der Waals surface area contributed by atoms with E-state index in [2.05, 4.69) is 5.32 Å². The van der Waals surface area contributed by atoms with Crippen molar-refractivity contribution in [1.82, 2.24) is 5.32 Å². The first kappa shape index (κ1) is 18.8. The number of ether oxygens (including phenoxy) is 1. The fraction of sp³-hybridized carbons (Fsp3) is 0.150. The molecule has 0 radical (unpaired) electrons. The molecule has 0 aliphatic heterocycles. The normalized spacial score (nSPS) is 11.8. The summed E-state index contributed by atoms with van der Waals surface area (Å²) in [6, 6.07) is 16.0. The van der Waals surface area contributed by atoms with Crippen LogP contribution in [0.3, 0.4) is 0 Å². The minimum absolute atomic E-state index is 0.106. The highest BCUT2D eigenvalue weighted by molar-refractivity contribution is 7.84. The van der Waals surface area contributed by atoms with Crippen LogP contribution in [0.4, 0.5) is 4.39 Å². The number of amides is 1. The Balaban J connectivity index is 1.58. The van der Waals surface area contributed by atoms with E-state index in [0.29, 0.717) is 22.9 Å². The average molecular weight is 387 g/mol. The topological polar surface area (TPSA) is 68.5 Å². The van der Waals surface area contributed by atoms with Crippen molar-refractivity contribution in [3.8, 4) is 5.75 Å². The van der Waals surface area contributed by atoms with Gasteiger partial charge in [-0.1, -0.05) is 12.1 Å². The minimum Gasteiger partial charge on any atom is -0.497 e. The highest BCUT2D eigenvalue weighted by Gasteiger charge is 2.14. The molecule has 0 aliphatic rings. The molecule has 1 unspecified atom stereocenters. The lowest BCUT2D eigenvalue weighted by molar-refractivity contribution is 0.0921. The second-order valence-electron chi connectivity index (χ2n) is 5.74. The number of carbonyl (C=O) groups excluding carboxylic acids is 1. The third kappa shape index (κ3) is 5.04. The lowest BCUT2D eigenvalue weighted by Crippen LogP contribution is -2.22. The van der Waals surface area contributed by atoms with Crippen molar-refractivity contribution >= 4 is 16.7 Å². The van der Waals surface area contributed by atoms with Gasteiger partial charge in [-0.25, -0.2) is 4.39 Å². The standard InChI is InChI=1S/C20H18FNO4S/c1-25-16-4-2-3-14(11-16)12-22-20(23)19-10-7-17(26-19)13-27(24)18-8-5-15(21)6-9-18/h2-11H,12-13H2,1H3,(H,22,23). The summed E-state index contributed by atoms with van der Waals surface area (Å²) >= 11 is 0. The second-order valence-corrected chi connectivity index (χ2v) is 7.20. The fourth-order valence-electron chi connectivity index (χ4n) is 2.43. The fourth-order valence-corrected chi connectivity index (χ4v) is 3.45. The molecule has 5 nitrogen and oxygen atoms in total. The number of furan rings is 1. The number of methoxy groups -OCH3 is 1. The molecule has 0 fully saturated rings. The molecule has 3 rings (SSSR count). The molecule has 1 amide bonds. The zero-order valence-electron chi connectivity index (χ0n) is 14.6. The van der Waals surface area contributed by atoms with E-state index in [4.69, 9.17) is 9.15 Å². The predicted molar refractivity (Wildman–Crippen MR) is 99.4 cm³/mol. The van der Waals surface area contributed by atoms with E-state index in [1.165, 1.54) is 30.3 Å². The van der Waals surface area contributed by atoms with Crippen LogP contribution in [0.25, 0.3) is 0 Å². The second kappa shape index (κ2) is 8.64. The highest BCUT2D eigenvalue weighted by Crippen LogP contribution is 2.16. The van der Waals surface area contributed by atoms with Crippen LogP contribution < -0.4 is 10.1 Å². The Morgan fingerprint density at radius 2 is 1.93 bits per heavy atom. The van der Waals surface area contributed by atoms with E-state index in [-0.39, 0.29) is 23.2 Å². The van der Waals surface area contributed by atoms with Crippen molar-refractivity contribution in [3.05, 3.63) is 83.6 Å². The molecule has 0 spiro atoms. The third-order valence-corrected chi connectivity index (χ3v) is 5.17. The molecule has 0 bridgehead atoms. The largest absolute Gasteiger partial charge is 0.497 e. The van der Waals surface area contributed by atoms with Gasteiger partial charge < -0.3 is 14.5 Å². The first-order valence-electron chi connectivity index (χ1n) is 8.19. The maximum Gasteiger partial charge on any atom is 0.287 e. The lowest BCUT2D eigenvalue weighted by Gasteiger charge is -2.05. The predicted octanol–water partition coefficient (Wildman–Crippen LogP) is 3.67. The molecule has 1 N–H and O–H groups in total. The maximum absolute atomic E-state index is 12.9. The van der Waals surface area contributed by atoms with Crippen molar-refractivity contribution in [1.29, 1.82) is 0 Å². The van der Waals surface area contributed by atoms with Crippen LogP contribution in [0.15, 0.2) is 70.0 Å². The van der Waals surface area contributed by atoms with Gasteiger partial charge >= 0.3 is 0 Å². The Hall–Kier alpha value is -2.93. The molecule has 0 aliphatic carbocycles. The van der Waals surface area contributed by atoms with Crippen LogP contribution in [-0.2, 0) is 23.1 Å². The van der Waals surface area contributed by atoms with Crippen LogP contribution in [0.5, 0.6) is 5.75 Å². The van der Waals surface area contributed by atoms with Gasteiger partial charge in [-0.15, -0.1) is 0 Å². The number of halogens is 1. The zero-order chi connectivity index (χ0) is 19.2. The Morgan fingerprint density at radius 3 is 2.67 bits per heavy atom. The van der Waals surface area contributed by atoms with E-state index in [1.54, 1.807) is 13.2 Å². The molecule has 3 aromatic rings. The number of rotatable bonds is 7. The molecule has 1 aromatic heterocycles. The number of nitrogens with one attached hydrogen (secondary N) is 1. The van der Waals surface area contributed by atoms with E-state index >= 15 is 0 Å². The molecule has 1 atom stereocenters. The minimum atomic E-state index is -1.39. The van der Waals surface area contributed by atoms with E-state index in [9.17, 15) is 13.4 Å². The van der Waals surface area contributed by atoms with E-state index in [1.807, 2.05) is 24.3 Å². The summed E-state index contributed by atoms with van der Waals surface area (Å²) in [5.74, 6) is 0.633. The van der Waals surface area contributed by atoms with Crippen molar-refractivity contribution in [2.75, 3.05) is 7.11 Å². The lowest BCUT2D eigenvalue weighted by atomic mass is 10.2. The molecular weight excluding hydrogens is 369 g/mol. The van der Waals surface area contributed by atoms with Gasteiger partial charge in [0.05, 0.1) is 23.7 Å². The summed E-state index contributed by atoms with van der Waals surface area (Å²) in [7, 11) is 0.196. The van der Waals surface area contributed by atoms with E-state index in [0.717, 1.165) is 5.56 Å². The molecule has 2 aromatic carbocycles. The molecular formula is C20H18FNO4S. The number of carbonyl (C=O) groups is 1. The van der Waals surface area contributed by atoms with Gasteiger partial charge in [0.15, 0.2) is 5.76 Å². The quantitative estimate of drug-likeness (QED) is 0.672. The Morgan fingerprint density at radius 1 is 1.15 bits per heavy atom. The van der Waals surface area contributed by atoms with Gasteiger partial charge in [-0.2, -0.15) is 0 Å². The molecule has 27 heavy (non-hydrogen) atoms. The summed E-state index contributed by atoms with van der Waals surface area (Å²) in [6.07, 6.45) is 0. The molecule has 1 heterocycles. The van der Waals surface area contributed by atoms with Gasteiger partial charge in [0.25, 0.3) is 5.91 Å². The van der Waals surface area contributed by atoms with Gasteiger partial charge in [0.2, 0.25) is 0 Å². The highest BCUT2D eigenvalue weighted by atomic mass is 32.2. The summed E-state index contributed by atoms with van der Waals surface area (Å²) in [5, 5.41) is 2.77. The first-order valence-corrected chi connectivity index (χ1v) is 9.51. The maximum atomic E-state index is 12.9. The Kier molecular flexibility index (Phi) is 6.03. The van der Waals surface area contributed by atoms with Crippen LogP contribution >= 0.6 is 0 Å². The van der Waals surface area contributed by atoms with Crippen molar-refractivity contribution in [2.45, 2.75) is 17.2 Å². The average Bonchev–Trinajstić information content (AvgIpc) is 3.15. The molecule has 0 saturated carbocycles. The summed E-state index contributed by atoms with van der Waals surface area (Å²) < 4.78 is 35.9. The van der Waals surface area contributed by atoms with Crippen molar-refractivity contribution in [3.63, 3.8) is 0 Å². The van der Waals surface area contributed by atoms with Crippen LogP contribution in [0, 0.1) is 5.82 Å². The van der Waals surface area contributed by atoms with Gasteiger partial charge in [-0.3, -0.25) is 9.00 Å². The van der Waals surface area contributed by atoms with Crippen molar-refractivity contribution < 1.29 is 22.5 Å². The van der Waals surface area contributed by atoms with Crippen molar-refractivity contribution in [2.24, 2.45) is 0 Å². The Labute approximate surface area is 158 Å². The number of hydrogen-bond acceptors (Lipinski definition) is 4. The third-order valence-electron chi connectivity index (χ3n) is 3.82. The molecule has 7 heteroatoms. The summed E-state index contributed by atoms with van der Waals surface area (Å²) in [5.41, 5.74) is 0.895. The SMILES string of the molecule is COc1cccc(CNC(=O)c2ccc(CS(=O)c3ccc(F)cc3)o2)c1. The first-order chi connectivity index (χ1) is 13.0. The zero-order valence-corrected chi connectivity index (χ0v) is 15.4. The van der Waals surface area contributed by atoms with Crippen LogP contribution in [0.2, 0.25) is 0 Å². The number of hydrogen-bond donors (Lipinski definition) is 1. The summed E-state index contributed by atoms with van der Waals surface area (Å²) in [4.78, 5) is 12.7. The Bertz CT molecular complexity index is 953. The van der Waals surface area contributed by atoms with Crippen LogP contribution in [-0.4, -0.2) is 17.2 Å². The van der Waals surface area contributed by atoms with Crippen LogP contribution in [0.1, 0.15) is 21.9 Å². The van der Waals surface area contributed by atoms with Gasteiger partial charge in [0, 0.05) is 11.4 Å². The molecule has 0 saturated heterocycles.